The Balaban J connectivity index is 0.00000140. The van der Waals surface area contributed by atoms with Crippen LogP contribution in [0.15, 0.2) is 91.5 Å². The van der Waals surface area contributed by atoms with Crippen molar-refractivity contribution in [1.29, 1.82) is 0 Å². The summed E-state index contributed by atoms with van der Waals surface area (Å²) in [6, 6.07) is 21.7. The van der Waals surface area contributed by atoms with E-state index in [2.05, 4.69) is 98.1 Å². The van der Waals surface area contributed by atoms with E-state index in [1.54, 1.807) is 6.56 Å². The molecule has 2 aromatic rings. The Kier molecular flexibility index (Phi) is 8.96. The minimum Gasteiger partial charge on any atom is -0.147 e. The van der Waals surface area contributed by atoms with Gasteiger partial charge in [-0.1, -0.05) is 0 Å². The summed E-state index contributed by atoms with van der Waals surface area (Å²) in [5.74, 6) is 0. The fourth-order valence-electron chi connectivity index (χ4n) is 3.91. The average molecular weight is 505 g/mol. The number of halogens is 2. The first-order valence-corrected chi connectivity index (χ1v) is 18.0. The van der Waals surface area contributed by atoms with Gasteiger partial charge in [0, 0.05) is 0 Å². The van der Waals surface area contributed by atoms with Crippen molar-refractivity contribution in [3.63, 3.8) is 0 Å². The van der Waals surface area contributed by atoms with E-state index in [0.717, 1.165) is 0 Å². The van der Waals surface area contributed by atoms with Gasteiger partial charge in [-0.25, -0.2) is 0 Å². The summed E-state index contributed by atoms with van der Waals surface area (Å²) in [5.41, 5.74) is 5.37. The molecular weight excluding hydrogens is 478 g/mol. The summed E-state index contributed by atoms with van der Waals surface area (Å²) < 4.78 is 3.61. The molecule has 0 N–H and O–H groups in total. The van der Waals surface area contributed by atoms with E-state index in [-0.39, 0.29) is 30.2 Å². The zero-order valence-electron chi connectivity index (χ0n) is 16.3. The predicted molar refractivity (Wildman–Crippen MR) is 126 cm³/mol. The quantitative estimate of drug-likeness (QED) is 0.380. The van der Waals surface area contributed by atoms with Crippen LogP contribution in [0.2, 0.25) is 13.1 Å². The van der Waals surface area contributed by atoms with Gasteiger partial charge in [0.15, 0.2) is 0 Å². The maximum absolute atomic E-state index is 2.54. The van der Waals surface area contributed by atoms with Crippen molar-refractivity contribution in [3.05, 3.63) is 103 Å². The number of hydrogen-bond donors (Lipinski definition) is 0. The van der Waals surface area contributed by atoms with E-state index in [4.69, 9.17) is 0 Å². The molecule has 144 valence electrons. The summed E-state index contributed by atoms with van der Waals surface area (Å²) >= 11 is -1.70. The predicted octanol–water partition coefficient (Wildman–Crippen LogP) is 7.44. The van der Waals surface area contributed by atoms with Crippen LogP contribution in [0, 0.1) is 0 Å². The standard InChI is InChI=1S/2C11H9.C2H6Si.2ClH.Zr/c2*1-2-6-10(7-3-1)11-8-4-5-9-11;1-3-2;;;/h2*1-3,6-9H,4H2;1-2H3;2*1H;. The van der Waals surface area contributed by atoms with Crippen molar-refractivity contribution in [2.45, 2.75) is 25.9 Å². The van der Waals surface area contributed by atoms with Gasteiger partial charge in [-0.2, -0.15) is 0 Å². The molecule has 2 aromatic carbocycles. The molecule has 0 bridgehead atoms. The molecule has 0 fully saturated rings. The van der Waals surface area contributed by atoms with Crippen LogP contribution in [0.4, 0.5) is 0 Å². The smallest absolute Gasteiger partial charge is 0.147 e. The van der Waals surface area contributed by atoms with Crippen molar-refractivity contribution in [2.24, 2.45) is 0 Å². The van der Waals surface area contributed by atoms with Gasteiger partial charge in [0.05, 0.1) is 0 Å². The van der Waals surface area contributed by atoms with Crippen LogP contribution < -0.4 is 0 Å². The number of benzene rings is 2. The molecule has 28 heavy (non-hydrogen) atoms. The molecule has 0 radical (unpaired) electrons. The molecule has 0 aliphatic heterocycles. The first-order valence-electron chi connectivity index (χ1n) is 9.33. The average Bonchev–Trinajstić information content (AvgIpc) is 3.34. The van der Waals surface area contributed by atoms with Gasteiger partial charge in [-0.05, 0) is 0 Å². The Hall–Kier alpha value is -0.920. The molecule has 0 unspecified atom stereocenters. The van der Waals surface area contributed by atoms with Crippen molar-refractivity contribution in [3.8, 4) is 0 Å². The summed E-state index contributed by atoms with van der Waals surface area (Å²) in [6.45, 7) is 5.09. The molecule has 4 heteroatoms. The molecule has 0 heterocycles. The molecule has 2 aliphatic rings. The van der Waals surface area contributed by atoms with Crippen molar-refractivity contribution < 1.29 is 20.4 Å². The molecule has 0 saturated carbocycles. The topological polar surface area (TPSA) is 0 Å². The fourth-order valence-corrected chi connectivity index (χ4v) is 20.7. The van der Waals surface area contributed by atoms with Crippen LogP contribution in [0.5, 0.6) is 0 Å². The molecule has 0 spiro atoms. The summed E-state index contributed by atoms with van der Waals surface area (Å²) in [6.07, 6.45) is 12.4. The third kappa shape index (κ3) is 5.16. The molecule has 0 amide bonds. The molecule has 0 nitrogen and oxygen atoms in total. The number of allylic oxidation sites excluding steroid dienone is 8. The summed E-state index contributed by atoms with van der Waals surface area (Å²) in [4.78, 5) is 0. The Morgan fingerprint density at radius 1 is 0.643 bits per heavy atom. The van der Waals surface area contributed by atoms with Gasteiger partial charge in [-0.15, -0.1) is 24.8 Å². The van der Waals surface area contributed by atoms with E-state index in [9.17, 15) is 0 Å². The molecule has 0 aromatic heterocycles. The van der Waals surface area contributed by atoms with E-state index < -0.39 is 20.4 Å². The maximum atomic E-state index is 2.54. The third-order valence-electron chi connectivity index (χ3n) is 5.10. The van der Waals surface area contributed by atoms with Crippen LogP contribution in [0.3, 0.4) is 0 Å². The van der Waals surface area contributed by atoms with Gasteiger partial charge in [0.2, 0.25) is 0 Å². The maximum Gasteiger partial charge on any atom is -0.147 e. The normalized spacial score (nSPS) is 14.8. The Morgan fingerprint density at radius 3 is 1.39 bits per heavy atom. The Morgan fingerprint density at radius 2 is 1.04 bits per heavy atom. The first-order chi connectivity index (χ1) is 12.7. The monoisotopic (exact) mass is 502 g/mol. The fraction of sp³-hybridized carbons (Fsp3) is 0.167. The molecule has 0 atom stereocenters. The second kappa shape index (κ2) is 10.7. The Labute approximate surface area is 189 Å². The van der Waals surface area contributed by atoms with E-state index in [1.165, 1.54) is 35.1 Å². The van der Waals surface area contributed by atoms with Crippen molar-refractivity contribution in [2.75, 3.05) is 0 Å². The first kappa shape index (κ1) is 23.4. The zero-order valence-corrected chi connectivity index (χ0v) is 21.4. The molecule has 4 rings (SSSR count). The van der Waals surface area contributed by atoms with Crippen LogP contribution >= 0.6 is 24.8 Å². The largest absolute Gasteiger partial charge is 0.147 e. The minimum atomic E-state index is -1.70. The summed E-state index contributed by atoms with van der Waals surface area (Å²) in [7, 11) is 0. The van der Waals surface area contributed by atoms with Gasteiger partial charge in [0.25, 0.3) is 0 Å². The van der Waals surface area contributed by atoms with E-state index >= 15 is 0 Å². The SMILES string of the molecule is C[Si](C)=[Zr]([C]1=CC(c2ccccc2)=CC1)[C]1=CC(c2ccccc2)=CC1.Cl.Cl. The third-order valence-corrected chi connectivity index (χ3v) is 22.1. The number of rotatable bonds is 4. The Bertz CT molecular complexity index is 904. The molecular formula is C24H26Cl2SiZr. The van der Waals surface area contributed by atoms with Gasteiger partial charge < -0.3 is 0 Å². The van der Waals surface area contributed by atoms with Gasteiger partial charge in [-0.3, -0.25) is 0 Å². The van der Waals surface area contributed by atoms with E-state index in [0.29, 0.717) is 0 Å². The second-order valence-electron chi connectivity index (χ2n) is 7.17. The van der Waals surface area contributed by atoms with Crippen LogP contribution in [-0.2, 0) is 20.4 Å². The molecule has 2 aliphatic carbocycles. The van der Waals surface area contributed by atoms with Gasteiger partial charge >= 0.3 is 166 Å². The second-order valence-corrected chi connectivity index (χ2v) is 24.5. The minimum absolute atomic E-state index is 0. The molecule has 0 saturated heterocycles. The van der Waals surface area contributed by atoms with Crippen LogP contribution in [0.1, 0.15) is 24.0 Å². The van der Waals surface area contributed by atoms with E-state index in [1.807, 2.05) is 0 Å². The van der Waals surface area contributed by atoms with Gasteiger partial charge in [0.1, 0.15) is 0 Å². The van der Waals surface area contributed by atoms with Crippen molar-refractivity contribution >= 4 is 41.4 Å². The summed E-state index contributed by atoms with van der Waals surface area (Å²) in [5, 5.41) is 0. The van der Waals surface area contributed by atoms with Crippen LogP contribution in [-0.4, -0.2) is 5.43 Å². The van der Waals surface area contributed by atoms with Crippen LogP contribution in [0.25, 0.3) is 11.1 Å². The number of hydrogen-bond acceptors (Lipinski definition) is 0. The van der Waals surface area contributed by atoms with Crippen molar-refractivity contribution in [1.82, 2.24) is 0 Å². The zero-order chi connectivity index (χ0) is 17.9.